The Balaban J connectivity index is 0.000000414. The smallest absolute Gasteiger partial charge is 0.258 e. The van der Waals surface area contributed by atoms with Gasteiger partial charge in [-0.05, 0) is 89.3 Å². The van der Waals surface area contributed by atoms with Crippen molar-refractivity contribution in [3.8, 4) is 24.3 Å². The Hall–Kier alpha value is -4.20. The summed E-state index contributed by atoms with van der Waals surface area (Å²) in [5.41, 5.74) is 6.56. The molecule has 216 valence electrons. The Morgan fingerprint density at radius 2 is 1.07 bits per heavy atom. The fraction of sp³-hybridized carbons (Fsp3) is 0.529. The summed E-state index contributed by atoms with van der Waals surface area (Å²) in [7, 11) is 0. The first-order valence-corrected chi connectivity index (χ1v) is 14.3. The minimum absolute atomic E-state index is 0.0389. The zero-order valence-corrected chi connectivity index (χ0v) is 25.8. The molecule has 2 rings (SSSR count). The van der Waals surface area contributed by atoms with Crippen LogP contribution in [0.4, 0.5) is 5.69 Å². The molecule has 2 aromatic rings. The lowest BCUT2D eigenvalue weighted by molar-refractivity contribution is -0.385. The van der Waals surface area contributed by atoms with E-state index in [1.165, 1.54) is 17.2 Å². The second kappa shape index (κ2) is 16.8. The van der Waals surface area contributed by atoms with Gasteiger partial charge >= 0.3 is 0 Å². The van der Waals surface area contributed by atoms with Crippen LogP contribution in [0.15, 0.2) is 18.2 Å². The minimum Gasteiger partial charge on any atom is -0.258 e. The predicted octanol–water partition coefficient (Wildman–Crippen LogP) is 7.95. The summed E-state index contributed by atoms with van der Waals surface area (Å²) in [5, 5.41) is 48.1. The summed E-state index contributed by atoms with van der Waals surface area (Å²) in [6.07, 6.45) is 3.57. The average Bonchev–Trinajstić information content (AvgIpc) is 2.86. The first-order valence-electron chi connectivity index (χ1n) is 14.3. The van der Waals surface area contributed by atoms with Gasteiger partial charge in [0, 0.05) is 11.6 Å². The number of nitriles is 4. The third kappa shape index (κ3) is 10.7. The first kappa shape index (κ1) is 34.8. The van der Waals surface area contributed by atoms with Crippen molar-refractivity contribution >= 4 is 5.69 Å². The maximum absolute atomic E-state index is 11.4. The Kier molecular flexibility index (Phi) is 14.3. The molecule has 0 saturated heterocycles. The highest BCUT2D eigenvalue weighted by Gasteiger charge is 2.25. The second-order valence-corrected chi connectivity index (χ2v) is 12.2. The zero-order chi connectivity index (χ0) is 31.3. The van der Waals surface area contributed by atoms with Gasteiger partial charge in [-0.2, -0.15) is 21.0 Å². The molecule has 0 fully saturated rings. The van der Waals surface area contributed by atoms with E-state index in [2.05, 4.69) is 52.0 Å². The summed E-state index contributed by atoms with van der Waals surface area (Å²) < 4.78 is 0. The maximum Gasteiger partial charge on any atom is 0.274 e. The quantitative estimate of drug-likeness (QED) is 0.204. The monoisotopic (exact) mass is 553 g/mol. The summed E-state index contributed by atoms with van der Waals surface area (Å²) in [5.74, 6) is 1.59. The van der Waals surface area contributed by atoms with E-state index in [1.807, 2.05) is 39.8 Å². The van der Waals surface area contributed by atoms with Crippen molar-refractivity contribution < 1.29 is 4.92 Å². The van der Waals surface area contributed by atoms with Crippen molar-refractivity contribution in [1.29, 1.82) is 21.0 Å². The van der Waals surface area contributed by atoms with Gasteiger partial charge in [0.25, 0.3) is 5.69 Å². The van der Waals surface area contributed by atoms with Crippen LogP contribution in [0.5, 0.6) is 0 Å². The molecular formula is C34H43N5O2. The molecule has 0 amide bonds. The number of nitro groups is 1. The number of benzene rings is 2. The Morgan fingerprint density at radius 3 is 1.44 bits per heavy atom. The molecule has 0 aliphatic carbocycles. The van der Waals surface area contributed by atoms with Crippen molar-refractivity contribution in [3.05, 3.63) is 72.8 Å². The maximum atomic E-state index is 11.4. The standard InChI is InChI=1S/C17H21N3O2.C17H22N2/c1-11(2)7-15-13(10-19)9-17(20(21)22)16(8-12(3)4)14(15)5-6-18;1-12(2)7-15-9-14(11-19)10-16(8-13(3)4)17(15)5-6-18/h9,11-12H,5,7-8H2,1-4H3;9-10,12-13H,5,7-8H2,1-4H3. The van der Waals surface area contributed by atoms with E-state index < -0.39 is 4.92 Å². The third-order valence-electron chi connectivity index (χ3n) is 6.52. The molecule has 0 atom stereocenters. The lowest BCUT2D eigenvalue weighted by atomic mass is 9.85. The van der Waals surface area contributed by atoms with Gasteiger partial charge in [0.15, 0.2) is 0 Å². The van der Waals surface area contributed by atoms with Gasteiger partial charge in [-0.3, -0.25) is 10.1 Å². The largest absolute Gasteiger partial charge is 0.274 e. The molecule has 41 heavy (non-hydrogen) atoms. The average molecular weight is 554 g/mol. The first-order chi connectivity index (χ1) is 19.3. The number of nitro benzene ring substituents is 1. The van der Waals surface area contributed by atoms with Gasteiger partial charge in [0.05, 0.1) is 53.2 Å². The van der Waals surface area contributed by atoms with Crippen molar-refractivity contribution in [2.45, 2.75) is 93.9 Å². The fourth-order valence-corrected chi connectivity index (χ4v) is 5.05. The summed E-state index contributed by atoms with van der Waals surface area (Å²) in [6.45, 7) is 16.7. The van der Waals surface area contributed by atoms with Crippen molar-refractivity contribution in [1.82, 2.24) is 0 Å². The Morgan fingerprint density at radius 1 is 0.634 bits per heavy atom. The molecule has 7 heteroatoms. The normalized spacial score (nSPS) is 10.5. The van der Waals surface area contributed by atoms with Crippen molar-refractivity contribution in [3.63, 3.8) is 0 Å². The van der Waals surface area contributed by atoms with Crippen LogP contribution in [-0.4, -0.2) is 4.92 Å². The minimum atomic E-state index is -0.446. The highest BCUT2D eigenvalue weighted by Crippen LogP contribution is 2.33. The van der Waals surface area contributed by atoms with Crippen LogP contribution in [0.1, 0.15) is 99.9 Å². The van der Waals surface area contributed by atoms with Gasteiger partial charge in [0.1, 0.15) is 0 Å². The van der Waals surface area contributed by atoms with E-state index in [1.54, 1.807) is 0 Å². The van der Waals surface area contributed by atoms with Gasteiger partial charge < -0.3 is 0 Å². The van der Waals surface area contributed by atoms with Crippen molar-refractivity contribution in [2.75, 3.05) is 0 Å². The van der Waals surface area contributed by atoms with Gasteiger partial charge in [-0.1, -0.05) is 55.4 Å². The molecule has 0 N–H and O–H groups in total. The lowest BCUT2D eigenvalue weighted by Gasteiger charge is -2.17. The third-order valence-corrected chi connectivity index (χ3v) is 6.52. The van der Waals surface area contributed by atoms with Gasteiger partial charge in [0.2, 0.25) is 0 Å². The van der Waals surface area contributed by atoms with Crippen LogP contribution in [0, 0.1) is 79.1 Å². The molecule has 0 bridgehead atoms. The predicted molar refractivity (Wildman–Crippen MR) is 162 cm³/mol. The summed E-state index contributed by atoms with van der Waals surface area (Å²) in [4.78, 5) is 10.9. The highest BCUT2D eigenvalue weighted by molar-refractivity contribution is 5.58. The molecule has 0 heterocycles. The van der Waals surface area contributed by atoms with Gasteiger partial charge in [-0.15, -0.1) is 0 Å². The van der Waals surface area contributed by atoms with E-state index in [-0.39, 0.29) is 18.0 Å². The molecular weight excluding hydrogens is 510 g/mol. The number of hydrogen-bond acceptors (Lipinski definition) is 6. The van der Waals surface area contributed by atoms with Crippen LogP contribution in [0.3, 0.4) is 0 Å². The number of hydrogen-bond donors (Lipinski definition) is 0. The molecule has 0 aliphatic rings. The Bertz CT molecular complexity index is 1350. The molecule has 0 aromatic heterocycles. The number of rotatable bonds is 11. The van der Waals surface area contributed by atoms with Crippen LogP contribution < -0.4 is 0 Å². The van der Waals surface area contributed by atoms with E-state index in [4.69, 9.17) is 15.8 Å². The topological polar surface area (TPSA) is 138 Å². The van der Waals surface area contributed by atoms with E-state index in [0.717, 1.165) is 24.0 Å². The molecule has 0 aliphatic heterocycles. The fourth-order valence-electron chi connectivity index (χ4n) is 5.05. The van der Waals surface area contributed by atoms with Gasteiger partial charge in [-0.25, -0.2) is 0 Å². The molecule has 0 unspecified atom stereocenters. The molecule has 0 spiro atoms. The second-order valence-electron chi connectivity index (χ2n) is 12.2. The number of nitrogens with zero attached hydrogens (tertiary/aromatic N) is 5. The summed E-state index contributed by atoms with van der Waals surface area (Å²) >= 11 is 0. The summed E-state index contributed by atoms with van der Waals surface area (Å²) in [6, 6.07) is 13.9. The van der Waals surface area contributed by atoms with Crippen LogP contribution in [-0.2, 0) is 38.5 Å². The van der Waals surface area contributed by atoms with Crippen LogP contribution in [0.2, 0.25) is 0 Å². The molecule has 2 aromatic carbocycles. The zero-order valence-electron chi connectivity index (χ0n) is 25.8. The van der Waals surface area contributed by atoms with E-state index >= 15 is 0 Å². The molecule has 0 radical (unpaired) electrons. The highest BCUT2D eigenvalue weighted by atomic mass is 16.6. The van der Waals surface area contributed by atoms with Crippen molar-refractivity contribution in [2.24, 2.45) is 23.7 Å². The molecule has 7 nitrogen and oxygen atoms in total. The molecule has 0 saturated carbocycles. The van der Waals surface area contributed by atoms with Crippen LogP contribution >= 0.6 is 0 Å². The van der Waals surface area contributed by atoms with E-state index in [9.17, 15) is 15.4 Å². The van der Waals surface area contributed by atoms with E-state index in [0.29, 0.717) is 59.3 Å². The Labute approximate surface area is 246 Å². The van der Waals surface area contributed by atoms with Crippen LogP contribution in [0.25, 0.3) is 0 Å². The lowest BCUT2D eigenvalue weighted by Crippen LogP contribution is -2.11. The SMILES string of the molecule is CC(C)Cc1c(C#N)cc([N+](=O)[O-])c(CC(C)C)c1CC#N.CC(C)Cc1cc(C#N)cc(CC(C)C)c1CC#N.